The topological polar surface area (TPSA) is 76.3 Å². The van der Waals surface area contributed by atoms with Crippen LogP contribution in [0.25, 0.3) is 0 Å². The molecule has 36 heavy (non-hydrogen) atoms. The summed E-state index contributed by atoms with van der Waals surface area (Å²) >= 11 is 0. The van der Waals surface area contributed by atoms with E-state index in [4.69, 9.17) is 0 Å². The van der Waals surface area contributed by atoms with Crippen molar-refractivity contribution in [2.24, 2.45) is 14.1 Å². The molecule has 3 heterocycles. The number of aromatic nitrogens is 4. The lowest BCUT2D eigenvalue weighted by Crippen LogP contribution is -2.50. The summed E-state index contributed by atoms with van der Waals surface area (Å²) in [6.07, 6.45) is 4.59. The highest BCUT2D eigenvalue weighted by Crippen LogP contribution is 2.20. The predicted octanol–water partition coefficient (Wildman–Crippen LogP) is 2.93. The Hall–Kier alpha value is -4.20. The molecule has 8 heteroatoms. The maximum absolute atomic E-state index is 13.4. The molecule has 1 fully saturated rings. The fourth-order valence-electron chi connectivity index (χ4n) is 4.73. The van der Waals surface area contributed by atoms with Crippen LogP contribution in [0.1, 0.15) is 43.2 Å². The van der Waals surface area contributed by atoms with Gasteiger partial charge in [0.25, 0.3) is 11.8 Å². The molecule has 4 aromatic rings. The standard InChI is InChI=1S/C28H30N6O2/c1-31-25(17-21-9-5-3-6-10-21)23(19-29-31)27(35)33-13-15-34(16-14-33)28(36)24-20-30-32(2)26(24)18-22-11-7-4-8-12-22/h3-12,19-20H,13-18H2,1-2H3. The van der Waals surface area contributed by atoms with Crippen molar-refractivity contribution in [3.8, 4) is 0 Å². The average molecular weight is 483 g/mol. The van der Waals surface area contributed by atoms with E-state index in [-0.39, 0.29) is 11.8 Å². The van der Waals surface area contributed by atoms with Gasteiger partial charge in [0.15, 0.2) is 0 Å². The molecule has 0 atom stereocenters. The molecule has 2 amide bonds. The summed E-state index contributed by atoms with van der Waals surface area (Å²) in [5.74, 6) is -0.0699. The van der Waals surface area contributed by atoms with Crippen molar-refractivity contribution in [2.45, 2.75) is 12.8 Å². The number of rotatable bonds is 6. The number of nitrogens with zero attached hydrogens (tertiary/aromatic N) is 6. The van der Waals surface area contributed by atoms with E-state index in [1.54, 1.807) is 21.8 Å². The van der Waals surface area contributed by atoms with Gasteiger partial charge in [0.2, 0.25) is 0 Å². The van der Waals surface area contributed by atoms with Gasteiger partial charge in [-0.1, -0.05) is 60.7 Å². The van der Waals surface area contributed by atoms with Crippen molar-refractivity contribution in [1.82, 2.24) is 29.4 Å². The van der Waals surface area contributed by atoms with E-state index in [0.717, 1.165) is 22.5 Å². The van der Waals surface area contributed by atoms with Gasteiger partial charge in [0, 0.05) is 53.1 Å². The molecule has 0 N–H and O–H groups in total. The molecule has 1 saturated heterocycles. The number of hydrogen-bond donors (Lipinski definition) is 0. The maximum atomic E-state index is 13.4. The van der Waals surface area contributed by atoms with Crippen LogP contribution in [0.4, 0.5) is 0 Å². The van der Waals surface area contributed by atoms with Crippen molar-refractivity contribution in [1.29, 1.82) is 0 Å². The van der Waals surface area contributed by atoms with E-state index in [0.29, 0.717) is 50.1 Å². The Balaban J connectivity index is 1.25. The number of benzene rings is 2. The second-order valence-corrected chi connectivity index (χ2v) is 9.17. The first kappa shape index (κ1) is 23.5. The third kappa shape index (κ3) is 4.79. The molecule has 2 aromatic carbocycles. The van der Waals surface area contributed by atoms with Gasteiger partial charge >= 0.3 is 0 Å². The van der Waals surface area contributed by atoms with Crippen molar-refractivity contribution in [3.63, 3.8) is 0 Å². The number of carbonyl (C=O) groups excluding carboxylic acids is 2. The van der Waals surface area contributed by atoms with Crippen LogP contribution in [-0.4, -0.2) is 67.4 Å². The molecule has 1 aliphatic rings. The van der Waals surface area contributed by atoms with Gasteiger partial charge in [0.05, 0.1) is 34.9 Å². The zero-order valence-corrected chi connectivity index (χ0v) is 20.7. The number of hydrogen-bond acceptors (Lipinski definition) is 4. The van der Waals surface area contributed by atoms with Crippen LogP contribution in [0.15, 0.2) is 73.1 Å². The lowest BCUT2D eigenvalue weighted by Gasteiger charge is -2.34. The van der Waals surface area contributed by atoms with Crippen LogP contribution < -0.4 is 0 Å². The normalized spacial score (nSPS) is 13.7. The summed E-state index contributed by atoms with van der Waals surface area (Å²) in [5.41, 5.74) is 5.30. The summed E-state index contributed by atoms with van der Waals surface area (Å²) in [5, 5.41) is 8.71. The van der Waals surface area contributed by atoms with Crippen LogP contribution in [-0.2, 0) is 26.9 Å². The van der Waals surface area contributed by atoms with Crippen molar-refractivity contribution >= 4 is 11.8 Å². The van der Waals surface area contributed by atoms with Crippen molar-refractivity contribution < 1.29 is 9.59 Å². The second kappa shape index (κ2) is 10.2. The molecule has 0 bridgehead atoms. The maximum Gasteiger partial charge on any atom is 0.257 e. The minimum atomic E-state index is -0.0349. The van der Waals surface area contributed by atoms with Crippen LogP contribution in [0, 0.1) is 0 Å². The third-order valence-electron chi connectivity index (χ3n) is 6.87. The predicted molar refractivity (Wildman–Crippen MR) is 137 cm³/mol. The molecule has 5 rings (SSSR count). The smallest absolute Gasteiger partial charge is 0.257 e. The number of carbonyl (C=O) groups is 2. The van der Waals surface area contributed by atoms with Gasteiger partial charge in [-0.3, -0.25) is 19.0 Å². The molecule has 0 aliphatic carbocycles. The van der Waals surface area contributed by atoms with E-state index < -0.39 is 0 Å². The molecule has 1 aliphatic heterocycles. The van der Waals surface area contributed by atoms with Crippen LogP contribution in [0.2, 0.25) is 0 Å². The lowest BCUT2D eigenvalue weighted by molar-refractivity contribution is 0.0534. The molecule has 0 saturated carbocycles. The lowest BCUT2D eigenvalue weighted by atomic mass is 10.1. The minimum Gasteiger partial charge on any atom is -0.335 e. The Kier molecular flexibility index (Phi) is 6.66. The number of aryl methyl sites for hydroxylation is 2. The fourth-order valence-corrected chi connectivity index (χ4v) is 4.73. The summed E-state index contributed by atoms with van der Waals surface area (Å²) < 4.78 is 3.55. The zero-order chi connectivity index (χ0) is 25.1. The Morgan fingerprint density at radius 2 is 1.00 bits per heavy atom. The monoisotopic (exact) mass is 482 g/mol. The molecular formula is C28H30N6O2. The van der Waals surface area contributed by atoms with Crippen molar-refractivity contribution in [3.05, 3.63) is 107 Å². The highest BCUT2D eigenvalue weighted by molar-refractivity contribution is 5.97. The number of piperazine rings is 1. The molecule has 0 spiro atoms. The highest BCUT2D eigenvalue weighted by Gasteiger charge is 2.29. The SMILES string of the molecule is Cn1ncc(C(=O)N2CCN(C(=O)c3cnn(C)c3Cc3ccccc3)CC2)c1Cc1ccccc1. The van der Waals surface area contributed by atoms with Crippen molar-refractivity contribution in [2.75, 3.05) is 26.2 Å². The molecule has 184 valence electrons. The molecule has 0 radical (unpaired) electrons. The van der Waals surface area contributed by atoms with Gasteiger partial charge in [0.1, 0.15) is 0 Å². The van der Waals surface area contributed by atoms with Crippen LogP contribution in [0.3, 0.4) is 0 Å². The fraction of sp³-hybridized carbons (Fsp3) is 0.286. The van der Waals surface area contributed by atoms with Gasteiger partial charge < -0.3 is 9.80 Å². The molecular weight excluding hydrogens is 452 g/mol. The van der Waals surface area contributed by atoms with Crippen LogP contribution in [0.5, 0.6) is 0 Å². The van der Waals surface area contributed by atoms with E-state index in [2.05, 4.69) is 34.5 Å². The zero-order valence-electron chi connectivity index (χ0n) is 20.7. The third-order valence-corrected chi connectivity index (χ3v) is 6.87. The quantitative estimate of drug-likeness (QED) is 0.424. The van der Waals surface area contributed by atoms with E-state index in [9.17, 15) is 9.59 Å². The van der Waals surface area contributed by atoms with Gasteiger partial charge in [-0.25, -0.2) is 0 Å². The summed E-state index contributed by atoms with van der Waals surface area (Å²) in [6, 6.07) is 20.2. The van der Waals surface area contributed by atoms with Crippen LogP contribution >= 0.6 is 0 Å². The largest absolute Gasteiger partial charge is 0.335 e. The van der Waals surface area contributed by atoms with E-state index in [1.807, 2.05) is 60.3 Å². The molecule has 0 unspecified atom stereocenters. The summed E-state index contributed by atoms with van der Waals surface area (Å²) in [4.78, 5) is 30.4. The second-order valence-electron chi connectivity index (χ2n) is 9.17. The first-order valence-corrected chi connectivity index (χ1v) is 12.2. The van der Waals surface area contributed by atoms with Gasteiger partial charge in [-0.2, -0.15) is 10.2 Å². The Morgan fingerprint density at radius 3 is 1.36 bits per heavy atom. The first-order chi connectivity index (χ1) is 17.5. The summed E-state index contributed by atoms with van der Waals surface area (Å²) in [7, 11) is 3.74. The highest BCUT2D eigenvalue weighted by atomic mass is 16.2. The van der Waals surface area contributed by atoms with E-state index >= 15 is 0 Å². The van der Waals surface area contributed by atoms with Gasteiger partial charge in [-0.15, -0.1) is 0 Å². The molecule has 2 aromatic heterocycles. The minimum absolute atomic E-state index is 0.0349. The van der Waals surface area contributed by atoms with E-state index in [1.165, 1.54) is 0 Å². The molecule has 8 nitrogen and oxygen atoms in total. The first-order valence-electron chi connectivity index (χ1n) is 12.2. The average Bonchev–Trinajstić information content (AvgIpc) is 3.46. The Morgan fingerprint density at radius 1 is 0.639 bits per heavy atom. The number of amides is 2. The van der Waals surface area contributed by atoms with Gasteiger partial charge in [-0.05, 0) is 11.1 Å². The Labute approximate surface area is 210 Å². The summed E-state index contributed by atoms with van der Waals surface area (Å²) in [6.45, 7) is 1.94. The Bertz CT molecular complexity index is 1250.